The summed E-state index contributed by atoms with van der Waals surface area (Å²) in [6.45, 7) is 2.53. The van der Waals surface area contributed by atoms with Crippen molar-refractivity contribution in [1.82, 2.24) is 0 Å². The SMILES string of the molecule is NCc1ccc(OCCCOCc2cccc(Br)c2)cc1. The first-order valence-electron chi connectivity index (χ1n) is 7.02. The molecule has 2 rings (SSSR count). The summed E-state index contributed by atoms with van der Waals surface area (Å²) in [5, 5.41) is 0. The molecule has 0 aliphatic heterocycles. The zero-order valence-electron chi connectivity index (χ0n) is 11.9. The molecule has 0 aliphatic carbocycles. The van der Waals surface area contributed by atoms with Crippen LogP contribution in [0.1, 0.15) is 17.5 Å². The van der Waals surface area contributed by atoms with E-state index in [1.165, 1.54) is 5.56 Å². The monoisotopic (exact) mass is 349 g/mol. The van der Waals surface area contributed by atoms with Gasteiger partial charge in [0.1, 0.15) is 5.75 Å². The third-order valence-corrected chi connectivity index (χ3v) is 3.51. The van der Waals surface area contributed by atoms with E-state index in [4.69, 9.17) is 15.2 Å². The maximum Gasteiger partial charge on any atom is 0.119 e. The molecular formula is C17H20BrNO2. The van der Waals surface area contributed by atoms with Gasteiger partial charge in [-0.1, -0.05) is 40.2 Å². The van der Waals surface area contributed by atoms with Crippen LogP contribution in [0.15, 0.2) is 53.0 Å². The number of hydrogen-bond acceptors (Lipinski definition) is 3. The smallest absolute Gasteiger partial charge is 0.119 e. The van der Waals surface area contributed by atoms with Gasteiger partial charge in [-0.2, -0.15) is 0 Å². The topological polar surface area (TPSA) is 44.5 Å². The van der Waals surface area contributed by atoms with Gasteiger partial charge in [-0.3, -0.25) is 0 Å². The van der Waals surface area contributed by atoms with E-state index < -0.39 is 0 Å². The number of halogens is 1. The van der Waals surface area contributed by atoms with Gasteiger partial charge in [-0.05, 0) is 35.4 Å². The molecule has 0 atom stereocenters. The molecule has 0 unspecified atom stereocenters. The number of ether oxygens (including phenoxy) is 2. The van der Waals surface area contributed by atoms with E-state index in [0.29, 0.717) is 26.4 Å². The van der Waals surface area contributed by atoms with Crippen molar-refractivity contribution in [1.29, 1.82) is 0 Å². The van der Waals surface area contributed by atoms with Crippen molar-refractivity contribution in [2.24, 2.45) is 5.73 Å². The molecule has 4 heteroatoms. The van der Waals surface area contributed by atoms with Crippen molar-refractivity contribution in [2.45, 2.75) is 19.6 Å². The van der Waals surface area contributed by atoms with Crippen LogP contribution in [0.25, 0.3) is 0 Å². The number of rotatable bonds is 8. The first-order chi connectivity index (χ1) is 10.3. The van der Waals surface area contributed by atoms with Crippen LogP contribution in [0.4, 0.5) is 0 Å². The highest BCUT2D eigenvalue weighted by Crippen LogP contribution is 2.13. The van der Waals surface area contributed by atoms with Gasteiger partial charge in [0, 0.05) is 17.4 Å². The molecule has 0 saturated carbocycles. The summed E-state index contributed by atoms with van der Waals surface area (Å²) < 4.78 is 12.4. The second-order valence-electron chi connectivity index (χ2n) is 4.73. The highest BCUT2D eigenvalue weighted by molar-refractivity contribution is 9.10. The lowest BCUT2D eigenvalue weighted by Gasteiger charge is -2.08. The van der Waals surface area contributed by atoms with Crippen LogP contribution in [0.5, 0.6) is 5.75 Å². The van der Waals surface area contributed by atoms with Crippen molar-refractivity contribution < 1.29 is 9.47 Å². The molecule has 0 aliphatic rings. The van der Waals surface area contributed by atoms with Gasteiger partial charge in [0.25, 0.3) is 0 Å². The number of nitrogens with two attached hydrogens (primary N) is 1. The maximum atomic E-state index is 5.65. The molecule has 0 saturated heterocycles. The van der Waals surface area contributed by atoms with Crippen LogP contribution >= 0.6 is 15.9 Å². The van der Waals surface area contributed by atoms with Crippen molar-refractivity contribution in [3.05, 3.63) is 64.1 Å². The number of benzene rings is 2. The van der Waals surface area contributed by atoms with E-state index in [1.54, 1.807) is 0 Å². The van der Waals surface area contributed by atoms with Crippen LogP contribution in [0.2, 0.25) is 0 Å². The van der Waals surface area contributed by atoms with Crippen molar-refractivity contribution in [3.8, 4) is 5.75 Å². The fraction of sp³-hybridized carbons (Fsp3) is 0.294. The average molecular weight is 350 g/mol. The summed E-state index contributed by atoms with van der Waals surface area (Å²) in [7, 11) is 0. The second-order valence-corrected chi connectivity index (χ2v) is 5.65. The molecule has 0 spiro atoms. The Hall–Kier alpha value is -1.36. The molecule has 2 aromatic carbocycles. The Kier molecular flexibility index (Phi) is 6.73. The summed E-state index contributed by atoms with van der Waals surface area (Å²) in [6, 6.07) is 16.0. The lowest BCUT2D eigenvalue weighted by atomic mass is 10.2. The summed E-state index contributed by atoms with van der Waals surface area (Å²) in [5.74, 6) is 0.874. The standard InChI is InChI=1S/C17H20BrNO2/c18-16-4-1-3-15(11-16)13-20-9-2-10-21-17-7-5-14(12-19)6-8-17/h1,3-8,11H,2,9-10,12-13,19H2. The summed E-state index contributed by atoms with van der Waals surface area (Å²) in [4.78, 5) is 0. The molecule has 0 fully saturated rings. The first-order valence-corrected chi connectivity index (χ1v) is 7.81. The first kappa shape index (κ1) is 16.0. The third kappa shape index (κ3) is 5.87. The minimum Gasteiger partial charge on any atom is -0.494 e. The predicted octanol–water partition coefficient (Wildman–Crippen LogP) is 3.89. The zero-order valence-corrected chi connectivity index (χ0v) is 13.5. The fourth-order valence-corrected chi connectivity index (χ4v) is 2.34. The van der Waals surface area contributed by atoms with Crippen molar-refractivity contribution in [2.75, 3.05) is 13.2 Å². The molecule has 0 heterocycles. The fourth-order valence-electron chi connectivity index (χ4n) is 1.89. The van der Waals surface area contributed by atoms with Gasteiger partial charge in [0.15, 0.2) is 0 Å². The van der Waals surface area contributed by atoms with E-state index in [9.17, 15) is 0 Å². The molecule has 21 heavy (non-hydrogen) atoms. The van der Waals surface area contributed by atoms with Crippen molar-refractivity contribution >= 4 is 15.9 Å². The lowest BCUT2D eigenvalue weighted by Crippen LogP contribution is -2.03. The van der Waals surface area contributed by atoms with Gasteiger partial charge >= 0.3 is 0 Å². The van der Waals surface area contributed by atoms with E-state index in [-0.39, 0.29) is 0 Å². The molecule has 0 radical (unpaired) electrons. The van der Waals surface area contributed by atoms with Crippen LogP contribution in [-0.4, -0.2) is 13.2 Å². The molecule has 112 valence electrons. The second kappa shape index (κ2) is 8.82. The number of hydrogen-bond donors (Lipinski definition) is 1. The summed E-state index contributed by atoms with van der Waals surface area (Å²) in [5.41, 5.74) is 7.83. The Morgan fingerprint density at radius 1 is 0.952 bits per heavy atom. The lowest BCUT2D eigenvalue weighted by molar-refractivity contribution is 0.107. The quantitative estimate of drug-likeness (QED) is 0.735. The van der Waals surface area contributed by atoms with E-state index >= 15 is 0 Å². The zero-order chi connectivity index (χ0) is 14.9. The molecule has 0 bridgehead atoms. The summed E-state index contributed by atoms with van der Waals surface area (Å²) >= 11 is 3.45. The van der Waals surface area contributed by atoms with Crippen LogP contribution in [-0.2, 0) is 17.9 Å². The minimum absolute atomic E-state index is 0.559. The largest absolute Gasteiger partial charge is 0.494 e. The molecule has 2 aromatic rings. The van der Waals surface area contributed by atoms with Crippen LogP contribution in [0.3, 0.4) is 0 Å². The third-order valence-electron chi connectivity index (χ3n) is 3.02. The Morgan fingerprint density at radius 2 is 1.76 bits per heavy atom. The Labute approximate surface area is 134 Å². The average Bonchev–Trinajstić information content (AvgIpc) is 2.51. The predicted molar refractivity (Wildman–Crippen MR) is 88.2 cm³/mol. The highest BCUT2D eigenvalue weighted by atomic mass is 79.9. The van der Waals surface area contributed by atoms with E-state index in [0.717, 1.165) is 22.2 Å². The molecule has 0 aromatic heterocycles. The van der Waals surface area contributed by atoms with E-state index in [1.807, 2.05) is 36.4 Å². The Morgan fingerprint density at radius 3 is 2.48 bits per heavy atom. The molecular weight excluding hydrogens is 330 g/mol. The van der Waals surface area contributed by atoms with Gasteiger partial charge < -0.3 is 15.2 Å². The van der Waals surface area contributed by atoms with Gasteiger partial charge in [-0.25, -0.2) is 0 Å². The molecule has 2 N–H and O–H groups in total. The molecule has 0 amide bonds. The van der Waals surface area contributed by atoms with Gasteiger partial charge in [0.05, 0.1) is 19.8 Å². The summed E-state index contributed by atoms with van der Waals surface area (Å²) in [6.07, 6.45) is 0.868. The Balaban J connectivity index is 1.59. The van der Waals surface area contributed by atoms with Gasteiger partial charge in [0.2, 0.25) is 0 Å². The maximum absolute atomic E-state index is 5.65. The highest BCUT2D eigenvalue weighted by Gasteiger charge is 1.97. The van der Waals surface area contributed by atoms with Gasteiger partial charge in [-0.15, -0.1) is 0 Å². The Bertz CT molecular complexity index is 543. The molecule has 3 nitrogen and oxygen atoms in total. The normalized spacial score (nSPS) is 10.6. The van der Waals surface area contributed by atoms with Crippen LogP contribution in [0, 0.1) is 0 Å². The minimum atomic E-state index is 0.559. The van der Waals surface area contributed by atoms with Crippen LogP contribution < -0.4 is 10.5 Å². The van der Waals surface area contributed by atoms with Crippen molar-refractivity contribution in [3.63, 3.8) is 0 Å². The van der Waals surface area contributed by atoms with E-state index in [2.05, 4.69) is 28.1 Å².